The van der Waals surface area contributed by atoms with Gasteiger partial charge in [0.1, 0.15) is 0 Å². The number of hydrogen-bond acceptors (Lipinski definition) is 2. The van der Waals surface area contributed by atoms with E-state index in [2.05, 4.69) is 0 Å². The summed E-state index contributed by atoms with van der Waals surface area (Å²) in [5.41, 5.74) is 3.03. The predicted octanol–water partition coefficient (Wildman–Crippen LogP) is 0.363. The molecule has 0 bridgehead atoms. The lowest BCUT2D eigenvalue weighted by Gasteiger charge is -1.90. The van der Waals surface area contributed by atoms with Crippen LogP contribution in [0.3, 0.4) is 0 Å². The van der Waals surface area contributed by atoms with Gasteiger partial charge >= 0.3 is 0 Å². The molecule has 5 heteroatoms. The third kappa shape index (κ3) is 1.73. The second kappa shape index (κ2) is 2.61. The van der Waals surface area contributed by atoms with Crippen LogP contribution in [0.25, 0.3) is 0 Å². The van der Waals surface area contributed by atoms with E-state index in [0.29, 0.717) is 0 Å². The number of rotatable bonds is 1. The van der Waals surface area contributed by atoms with E-state index < -0.39 is 17.1 Å². The molecule has 0 unspecified atom stereocenters. The van der Waals surface area contributed by atoms with Crippen molar-refractivity contribution in [2.75, 3.05) is 0 Å². The first-order valence-corrected chi connectivity index (χ1v) is 6.45. The summed E-state index contributed by atoms with van der Waals surface area (Å²) in [6.45, 7) is 0. The van der Waals surface area contributed by atoms with Crippen LogP contribution in [0.2, 0.25) is 0 Å². The van der Waals surface area contributed by atoms with Crippen molar-refractivity contribution < 1.29 is 13.0 Å². The second-order valence-electron chi connectivity index (χ2n) is 1.79. The van der Waals surface area contributed by atoms with Crippen molar-refractivity contribution >= 4 is 17.1 Å². The maximum atomic E-state index is 10.5. The van der Waals surface area contributed by atoms with Gasteiger partial charge in [-0.1, -0.05) is 29.6 Å². The number of hydrogen-bond donors (Lipinski definition) is 1. The molecule has 1 heterocycles. The first kappa shape index (κ1) is 7.58. The fraction of sp³-hybridized carbons (Fsp3) is 0. The van der Waals surface area contributed by atoms with E-state index >= 15 is 0 Å². The average molecular weight is 174 g/mol. The van der Waals surface area contributed by atoms with E-state index in [-0.39, 0.29) is 0 Å². The monoisotopic (exact) mass is 174 g/mol. The van der Waals surface area contributed by atoms with Crippen LogP contribution in [0.1, 0.15) is 0 Å². The maximum absolute atomic E-state index is 10.5. The van der Waals surface area contributed by atoms with Crippen LogP contribution in [0.5, 0.6) is 0 Å². The highest BCUT2D eigenvalue weighted by atomic mass is 32.4. The average Bonchev–Trinajstić information content (AvgIpc) is 1.88. The summed E-state index contributed by atoms with van der Waals surface area (Å²) < 4.78 is 29.5. The lowest BCUT2D eigenvalue weighted by Crippen LogP contribution is -2.10. The Labute approximate surface area is 60.2 Å². The van der Waals surface area contributed by atoms with E-state index in [1.54, 1.807) is 18.2 Å². The summed E-state index contributed by atoms with van der Waals surface area (Å²) >= 11 is 0. The molecule has 0 amide bonds. The molecule has 0 aliphatic heterocycles. The fourth-order valence-corrected chi connectivity index (χ4v) is 3.15. The van der Waals surface area contributed by atoms with Gasteiger partial charge in [0.2, 0.25) is 7.55 Å². The van der Waals surface area contributed by atoms with Gasteiger partial charge in [0, 0.05) is 0 Å². The van der Waals surface area contributed by atoms with Crippen molar-refractivity contribution in [2.45, 2.75) is 0 Å². The summed E-state index contributed by atoms with van der Waals surface area (Å²) in [6.07, 6.45) is 0. The third-order valence-corrected chi connectivity index (χ3v) is 5.28. The summed E-state index contributed by atoms with van der Waals surface area (Å²) in [5, 5.41) is 0. The highest BCUT2D eigenvalue weighted by Crippen LogP contribution is 1.90. The van der Waals surface area contributed by atoms with Crippen LogP contribution in [0, 0.1) is 0 Å². The van der Waals surface area contributed by atoms with Crippen molar-refractivity contribution in [1.29, 1.82) is 0 Å². The van der Waals surface area contributed by atoms with Gasteiger partial charge in [-0.05, 0) is 0 Å². The van der Waals surface area contributed by atoms with Crippen molar-refractivity contribution in [1.82, 2.24) is 0 Å². The maximum Gasteiger partial charge on any atom is 0.251 e. The zero-order chi connectivity index (χ0) is 7.61. The van der Waals surface area contributed by atoms with Gasteiger partial charge < -0.3 is 0 Å². The molecule has 1 rings (SSSR count). The van der Waals surface area contributed by atoms with Crippen molar-refractivity contribution in [3.8, 4) is 0 Å². The molecular weight excluding hydrogens is 168 g/mol. The lowest BCUT2D eigenvalue weighted by atomic mass is 10.6. The van der Waals surface area contributed by atoms with Gasteiger partial charge in [-0.15, -0.1) is 0 Å². The minimum atomic E-state index is -3.82. The molecular formula is C5H6O3SSi. The molecule has 1 aromatic heterocycles. The Balaban J connectivity index is 3.22. The van der Waals surface area contributed by atoms with Crippen molar-refractivity contribution in [3.63, 3.8) is 0 Å². The Hall–Kier alpha value is -0.523. The highest BCUT2D eigenvalue weighted by Gasteiger charge is 2.07. The Bertz CT molecular complexity index is 305. The van der Waals surface area contributed by atoms with Crippen LogP contribution < -0.4 is 0 Å². The molecule has 3 nitrogen and oxygen atoms in total. The Morgan fingerprint density at radius 1 is 1.10 bits per heavy atom. The van der Waals surface area contributed by atoms with Crippen LogP contribution in [0.4, 0.5) is 0 Å². The SMILES string of the molecule is O=S(=O)(O)[si]1ccccc1. The molecule has 10 heavy (non-hydrogen) atoms. The molecule has 0 atom stereocenters. The third-order valence-electron chi connectivity index (χ3n) is 1.04. The standard InChI is InChI=1S/C5H6O3SSi/c6-9(7,8)10-4-2-1-3-5-10/h1-5H,(H,6,7,8). The van der Waals surface area contributed by atoms with Gasteiger partial charge in [0.15, 0.2) is 0 Å². The Kier molecular flexibility index (Phi) is 1.98. The van der Waals surface area contributed by atoms with Gasteiger partial charge in [0.25, 0.3) is 9.57 Å². The second-order valence-corrected chi connectivity index (χ2v) is 7.17. The van der Waals surface area contributed by atoms with Gasteiger partial charge in [0.05, 0.1) is 0 Å². The van der Waals surface area contributed by atoms with E-state index in [9.17, 15) is 8.42 Å². The highest BCUT2D eigenvalue weighted by molar-refractivity contribution is 8.12. The molecule has 0 aliphatic rings. The van der Waals surface area contributed by atoms with E-state index in [4.69, 9.17) is 4.55 Å². The zero-order valence-electron chi connectivity index (χ0n) is 5.06. The van der Waals surface area contributed by atoms with Gasteiger partial charge in [-0.2, -0.15) is 0 Å². The van der Waals surface area contributed by atoms with Crippen molar-refractivity contribution in [2.24, 2.45) is 0 Å². The first-order chi connectivity index (χ1) is 4.61. The molecule has 0 saturated heterocycles. The smallest absolute Gasteiger partial charge is 0.251 e. The zero-order valence-corrected chi connectivity index (χ0v) is 6.88. The molecule has 0 radical (unpaired) electrons. The van der Waals surface area contributed by atoms with E-state index in [0.717, 1.165) is 0 Å². The molecule has 1 N–H and O–H groups in total. The van der Waals surface area contributed by atoms with E-state index in [1.165, 1.54) is 11.4 Å². The van der Waals surface area contributed by atoms with Crippen LogP contribution in [0.15, 0.2) is 29.6 Å². The fourth-order valence-electron chi connectivity index (χ4n) is 0.592. The van der Waals surface area contributed by atoms with E-state index in [1.807, 2.05) is 0 Å². The van der Waals surface area contributed by atoms with Crippen molar-refractivity contribution in [3.05, 3.63) is 29.6 Å². The molecule has 1 aromatic rings. The Morgan fingerprint density at radius 3 is 1.90 bits per heavy atom. The first-order valence-electron chi connectivity index (χ1n) is 2.63. The minimum Gasteiger partial charge on any atom is -0.288 e. The molecule has 0 spiro atoms. The Morgan fingerprint density at radius 2 is 1.60 bits per heavy atom. The summed E-state index contributed by atoms with van der Waals surface area (Å²) in [4.78, 5) is 0. The molecule has 0 aliphatic carbocycles. The lowest BCUT2D eigenvalue weighted by molar-refractivity contribution is 0.500. The predicted molar refractivity (Wildman–Crippen MR) is 39.3 cm³/mol. The summed E-state index contributed by atoms with van der Waals surface area (Å²) in [6, 6.07) is 4.98. The van der Waals surface area contributed by atoms with Crippen LogP contribution >= 0.6 is 0 Å². The van der Waals surface area contributed by atoms with Crippen LogP contribution in [-0.4, -0.2) is 20.5 Å². The molecule has 0 fully saturated rings. The van der Waals surface area contributed by atoms with Gasteiger partial charge in [-0.3, -0.25) is 4.55 Å². The minimum absolute atomic E-state index is 1.51. The molecule has 0 aromatic carbocycles. The largest absolute Gasteiger partial charge is 0.288 e. The molecule has 54 valence electrons. The van der Waals surface area contributed by atoms with Gasteiger partial charge in [-0.25, -0.2) is 8.42 Å². The quantitative estimate of drug-likeness (QED) is 0.494. The topological polar surface area (TPSA) is 54.4 Å². The van der Waals surface area contributed by atoms with Crippen LogP contribution in [-0.2, 0) is 9.57 Å². The normalized spacial score (nSPS) is 11.3. The molecule has 0 saturated carbocycles. The summed E-state index contributed by atoms with van der Waals surface area (Å²) in [7, 11) is -5.65. The summed E-state index contributed by atoms with van der Waals surface area (Å²) in [5.74, 6) is 0.